The molecule has 106 valence electrons. The number of hydrogen-bond acceptors (Lipinski definition) is 4. The second-order valence-corrected chi connectivity index (χ2v) is 4.34. The third-order valence-electron chi connectivity index (χ3n) is 3.17. The van der Waals surface area contributed by atoms with Gasteiger partial charge in [0.1, 0.15) is 17.5 Å². The number of nitrogens with zero attached hydrogens (tertiary/aromatic N) is 3. The van der Waals surface area contributed by atoms with E-state index < -0.39 is 10.5 Å². The van der Waals surface area contributed by atoms with Crippen LogP contribution in [0.15, 0.2) is 18.3 Å². The van der Waals surface area contributed by atoms with Crippen molar-refractivity contribution in [1.82, 2.24) is 9.78 Å². The fourth-order valence-electron chi connectivity index (χ4n) is 2.34. The fraction of sp³-hybridized carbons (Fsp3) is 0.615. The van der Waals surface area contributed by atoms with Crippen molar-refractivity contribution in [3.63, 3.8) is 0 Å². The fourth-order valence-corrected chi connectivity index (χ4v) is 2.34. The van der Waals surface area contributed by atoms with Gasteiger partial charge in [-0.05, 0) is 25.7 Å². The Labute approximate surface area is 112 Å². The van der Waals surface area contributed by atoms with Gasteiger partial charge < -0.3 is 5.11 Å². The molecule has 1 aromatic rings. The minimum Gasteiger partial charge on any atom is -0.383 e. The Hall–Kier alpha value is -1.69. The minimum absolute atomic E-state index is 0.100. The first-order valence-electron chi connectivity index (χ1n) is 6.59. The van der Waals surface area contributed by atoms with E-state index in [9.17, 15) is 15.2 Å². The van der Waals surface area contributed by atoms with Gasteiger partial charge in [-0.1, -0.05) is 26.0 Å². The average Bonchev–Trinajstić information content (AvgIpc) is 2.66. The van der Waals surface area contributed by atoms with Crippen LogP contribution in [-0.4, -0.2) is 19.8 Å². The Morgan fingerprint density at radius 3 is 2.37 bits per heavy atom. The monoisotopic (exact) mass is 267 g/mol. The van der Waals surface area contributed by atoms with Crippen molar-refractivity contribution in [2.24, 2.45) is 7.05 Å². The van der Waals surface area contributed by atoms with E-state index in [1.165, 1.54) is 10.9 Å². The van der Waals surface area contributed by atoms with E-state index in [0.717, 1.165) is 12.8 Å². The van der Waals surface area contributed by atoms with Crippen LogP contribution in [0.2, 0.25) is 0 Å². The first-order chi connectivity index (χ1) is 9.04. The summed E-state index contributed by atoms with van der Waals surface area (Å²) in [5.74, 6) is 0. The molecular weight excluding hydrogens is 246 g/mol. The second-order valence-electron chi connectivity index (χ2n) is 4.34. The molecule has 0 atom stereocenters. The quantitative estimate of drug-likeness (QED) is 0.507. The molecule has 19 heavy (non-hydrogen) atoms. The average molecular weight is 267 g/mol. The van der Waals surface area contributed by atoms with Gasteiger partial charge in [-0.3, -0.25) is 14.8 Å². The number of aliphatic hydroxyl groups is 1. The van der Waals surface area contributed by atoms with Crippen LogP contribution in [0.4, 0.5) is 5.69 Å². The molecule has 0 radical (unpaired) electrons. The van der Waals surface area contributed by atoms with Crippen LogP contribution < -0.4 is 0 Å². The molecule has 1 aromatic heterocycles. The van der Waals surface area contributed by atoms with Crippen molar-refractivity contribution in [3.8, 4) is 0 Å². The highest BCUT2D eigenvalue weighted by Gasteiger charge is 2.38. The highest BCUT2D eigenvalue weighted by atomic mass is 16.6. The molecule has 1 N–H and O–H groups in total. The van der Waals surface area contributed by atoms with Gasteiger partial charge >= 0.3 is 5.69 Å². The highest BCUT2D eigenvalue weighted by Crippen LogP contribution is 2.38. The molecule has 1 aliphatic carbocycles. The van der Waals surface area contributed by atoms with Crippen molar-refractivity contribution < 1.29 is 10.0 Å². The second kappa shape index (κ2) is 6.47. The van der Waals surface area contributed by atoms with E-state index in [2.05, 4.69) is 5.10 Å². The van der Waals surface area contributed by atoms with E-state index in [1.54, 1.807) is 7.05 Å². The maximum absolute atomic E-state index is 10.9. The summed E-state index contributed by atoms with van der Waals surface area (Å²) in [6.07, 6.45) is 7.62. The van der Waals surface area contributed by atoms with Crippen LogP contribution in [0.25, 0.3) is 0 Å². The van der Waals surface area contributed by atoms with Crippen LogP contribution in [0.3, 0.4) is 0 Å². The first kappa shape index (κ1) is 15.4. The number of hydrogen-bond donors (Lipinski definition) is 1. The van der Waals surface area contributed by atoms with Crippen LogP contribution in [0, 0.1) is 10.1 Å². The van der Waals surface area contributed by atoms with E-state index in [-0.39, 0.29) is 5.69 Å². The molecule has 0 saturated heterocycles. The smallest absolute Gasteiger partial charge is 0.313 e. The number of rotatable bonds is 2. The predicted molar refractivity (Wildman–Crippen MR) is 72.7 cm³/mol. The summed E-state index contributed by atoms with van der Waals surface area (Å²) in [7, 11) is 1.62. The van der Waals surface area contributed by atoms with Gasteiger partial charge in [0.25, 0.3) is 0 Å². The van der Waals surface area contributed by atoms with Crippen LogP contribution in [0.5, 0.6) is 0 Å². The van der Waals surface area contributed by atoms with Crippen LogP contribution in [-0.2, 0) is 12.6 Å². The first-order valence-corrected chi connectivity index (χ1v) is 6.59. The Kier molecular flexibility index (Phi) is 5.23. The van der Waals surface area contributed by atoms with E-state index in [4.69, 9.17) is 0 Å². The zero-order chi connectivity index (χ0) is 14.5. The van der Waals surface area contributed by atoms with Crippen LogP contribution in [0.1, 0.15) is 45.2 Å². The molecule has 1 aliphatic rings. The molecule has 0 bridgehead atoms. The molecule has 1 heterocycles. The van der Waals surface area contributed by atoms with Gasteiger partial charge in [0.05, 0.1) is 4.92 Å². The number of aromatic nitrogens is 2. The summed E-state index contributed by atoms with van der Waals surface area (Å²) in [6, 6.07) is 0. The largest absolute Gasteiger partial charge is 0.383 e. The number of nitro groups is 1. The molecule has 0 amide bonds. The molecule has 0 aliphatic heterocycles. The maximum Gasteiger partial charge on any atom is 0.313 e. The van der Waals surface area contributed by atoms with Crippen molar-refractivity contribution in [2.75, 3.05) is 0 Å². The van der Waals surface area contributed by atoms with Crippen molar-refractivity contribution in [3.05, 3.63) is 34.2 Å². The third kappa shape index (κ3) is 3.20. The Balaban J connectivity index is 0.000000861. The summed E-state index contributed by atoms with van der Waals surface area (Å²) in [5, 5.41) is 25.4. The third-order valence-corrected chi connectivity index (χ3v) is 3.17. The zero-order valence-corrected chi connectivity index (χ0v) is 11.7. The van der Waals surface area contributed by atoms with Gasteiger partial charge in [-0.2, -0.15) is 5.10 Å². The standard InChI is InChI=1S/C11H15N3O3.C2H6/c1-13-10(9(8-12-13)14(16)17)11(15)6-4-2-3-5-7-11;1-2/h2-3,8,15H,4-7H2,1H3;1-2H3. The molecule has 0 saturated carbocycles. The van der Waals surface area contributed by atoms with Gasteiger partial charge in [-0.25, -0.2) is 0 Å². The van der Waals surface area contributed by atoms with Gasteiger partial charge in [0, 0.05) is 7.05 Å². The van der Waals surface area contributed by atoms with Crippen molar-refractivity contribution >= 4 is 5.69 Å². The molecule has 2 rings (SSSR count). The number of allylic oxidation sites excluding steroid dienone is 2. The lowest BCUT2D eigenvalue weighted by atomic mass is 9.89. The highest BCUT2D eigenvalue weighted by molar-refractivity contribution is 5.37. The van der Waals surface area contributed by atoms with E-state index >= 15 is 0 Å². The lowest BCUT2D eigenvalue weighted by Gasteiger charge is -2.25. The molecule has 0 unspecified atom stereocenters. The van der Waals surface area contributed by atoms with Crippen LogP contribution >= 0.6 is 0 Å². The Bertz CT molecular complexity index is 456. The van der Waals surface area contributed by atoms with Gasteiger partial charge in [-0.15, -0.1) is 0 Å². The summed E-state index contributed by atoms with van der Waals surface area (Å²) in [6.45, 7) is 4.00. The Morgan fingerprint density at radius 2 is 1.89 bits per heavy atom. The minimum atomic E-state index is -1.16. The lowest BCUT2D eigenvalue weighted by molar-refractivity contribution is -0.386. The molecule has 6 nitrogen and oxygen atoms in total. The molecule has 6 heteroatoms. The summed E-state index contributed by atoms with van der Waals surface area (Å²) in [5.41, 5.74) is -0.944. The summed E-state index contributed by atoms with van der Waals surface area (Å²) in [4.78, 5) is 10.4. The Morgan fingerprint density at radius 1 is 1.37 bits per heavy atom. The normalized spacial score (nSPS) is 17.3. The summed E-state index contributed by atoms with van der Waals surface area (Å²) >= 11 is 0. The maximum atomic E-state index is 10.9. The zero-order valence-electron chi connectivity index (χ0n) is 11.7. The van der Waals surface area contributed by atoms with Gasteiger partial charge in [0.2, 0.25) is 0 Å². The topological polar surface area (TPSA) is 81.2 Å². The van der Waals surface area contributed by atoms with Crippen molar-refractivity contribution in [2.45, 2.75) is 45.1 Å². The van der Waals surface area contributed by atoms with Crippen molar-refractivity contribution in [1.29, 1.82) is 0 Å². The molecular formula is C13H21N3O3. The summed E-state index contributed by atoms with van der Waals surface area (Å²) < 4.78 is 1.41. The number of aryl methyl sites for hydroxylation is 1. The predicted octanol–water partition coefficient (Wildman–Crippen LogP) is 2.67. The van der Waals surface area contributed by atoms with E-state index in [0.29, 0.717) is 18.5 Å². The molecule has 0 aromatic carbocycles. The molecule has 0 spiro atoms. The SMILES string of the molecule is CC.Cn1ncc([N+](=O)[O-])c1C1(O)CCC=CCC1. The van der Waals surface area contributed by atoms with E-state index in [1.807, 2.05) is 26.0 Å². The van der Waals surface area contributed by atoms with Gasteiger partial charge in [0.15, 0.2) is 0 Å². The molecule has 0 fully saturated rings. The lowest BCUT2D eigenvalue weighted by Crippen LogP contribution is -2.28.